The molecule has 0 aliphatic carbocycles. The second kappa shape index (κ2) is 4.53. The molecule has 0 spiro atoms. The molecule has 0 fully saturated rings. The van der Waals surface area contributed by atoms with E-state index < -0.39 is 11.9 Å². The van der Waals surface area contributed by atoms with Crippen molar-refractivity contribution in [3.63, 3.8) is 0 Å². The first-order valence-electron chi connectivity index (χ1n) is 4.68. The lowest BCUT2D eigenvalue weighted by Crippen LogP contribution is -2.07. The summed E-state index contributed by atoms with van der Waals surface area (Å²) in [4.78, 5) is 10.6. The molecule has 0 unspecified atom stereocenters. The molecular weight excluding hydrogens is 265 g/mol. The zero-order valence-electron chi connectivity index (χ0n) is 8.80. The number of benzene rings is 1. The van der Waals surface area contributed by atoms with Gasteiger partial charge in [0.2, 0.25) is 5.88 Å². The van der Waals surface area contributed by atoms with Gasteiger partial charge in [-0.2, -0.15) is 4.68 Å². The van der Waals surface area contributed by atoms with E-state index in [4.69, 9.17) is 27.2 Å². The summed E-state index contributed by atoms with van der Waals surface area (Å²) in [6, 6.07) is 3.50. The second-order valence-corrected chi connectivity index (χ2v) is 3.69. The van der Waals surface area contributed by atoms with Crippen LogP contribution in [0.3, 0.4) is 0 Å². The van der Waals surface area contributed by atoms with Crippen LogP contribution in [0.5, 0.6) is 11.6 Å². The molecule has 0 atom stereocenters. The monoisotopic (exact) mass is 271 g/mol. The summed E-state index contributed by atoms with van der Waals surface area (Å²) >= 11 is 5.80. The fraction of sp³-hybridized carbons (Fsp3) is 0. The second-order valence-electron chi connectivity index (χ2n) is 3.29. The maximum atomic E-state index is 13.2. The predicted octanol–water partition coefficient (Wildman–Crippen LogP) is 2.58. The molecule has 0 aliphatic heterocycles. The average molecular weight is 272 g/mol. The van der Waals surface area contributed by atoms with Gasteiger partial charge >= 0.3 is 6.09 Å². The summed E-state index contributed by atoms with van der Waals surface area (Å²) in [5.41, 5.74) is 5.21. The average Bonchev–Trinajstić information content (AvgIpc) is 2.74. The molecule has 0 amide bonds. The Morgan fingerprint density at radius 3 is 2.89 bits per heavy atom. The molecule has 3 N–H and O–H groups in total. The maximum absolute atomic E-state index is 13.2. The van der Waals surface area contributed by atoms with Crippen LogP contribution in [-0.4, -0.2) is 21.0 Å². The van der Waals surface area contributed by atoms with E-state index >= 15 is 0 Å². The van der Waals surface area contributed by atoms with E-state index in [0.29, 0.717) is 4.68 Å². The highest BCUT2D eigenvalue weighted by Gasteiger charge is 2.11. The normalized spacial score (nSPS) is 10.3. The van der Waals surface area contributed by atoms with Gasteiger partial charge in [-0.1, -0.05) is 11.6 Å². The molecule has 1 aromatic heterocycles. The quantitative estimate of drug-likeness (QED) is 0.819. The van der Waals surface area contributed by atoms with E-state index in [-0.39, 0.29) is 22.3 Å². The molecule has 0 bridgehead atoms. The third-order valence-electron chi connectivity index (χ3n) is 2.03. The molecule has 8 heteroatoms. The molecule has 0 saturated carbocycles. The number of carbonyl (C=O) groups is 1. The van der Waals surface area contributed by atoms with Gasteiger partial charge in [0, 0.05) is 18.3 Å². The Balaban J connectivity index is 2.28. The number of nitrogens with two attached hydrogens (primary N) is 1. The predicted molar refractivity (Wildman–Crippen MR) is 61.5 cm³/mol. The fourth-order valence-corrected chi connectivity index (χ4v) is 1.41. The first-order chi connectivity index (χ1) is 8.47. The van der Waals surface area contributed by atoms with Crippen molar-refractivity contribution in [2.24, 2.45) is 0 Å². The van der Waals surface area contributed by atoms with Gasteiger partial charge < -0.3 is 15.6 Å². The first-order valence-corrected chi connectivity index (χ1v) is 5.06. The maximum Gasteiger partial charge on any atom is 0.432 e. The molecule has 6 nitrogen and oxygen atoms in total. The van der Waals surface area contributed by atoms with E-state index in [2.05, 4.69) is 5.10 Å². The number of rotatable bonds is 2. The number of nitrogens with zero attached hydrogens (tertiary/aromatic N) is 2. The molecule has 0 radical (unpaired) electrons. The summed E-state index contributed by atoms with van der Waals surface area (Å²) in [5, 5.41) is 12.3. The van der Waals surface area contributed by atoms with Crippen molar-refractivity contribution < 1.29 is 19.0 Å². The van der Waals surface area contributed by atoms with E-state index in [9.17, 15) is 9.18 Å². The minimum atomic E-state index is -1.26. The standard InChI is InChI=1S/C10H7ClFN3O3/c11-5-3-7(13)6(12)4-8(5)18-9-1-2-15(14-9)10(16)17/h1-4H,13H2,(H,16,17). The van der Waals surface area contributed by atoms with Gasteiger partial charge in [0.25, 0.3) is 0 Å². The van der Waals surface area contributed by atoms with Gasteiger partial charge in [-0.25, -0.2) is 9.18 Å². The first kappa shape index (κ1) is 12.2. The van der Waals surface area contributed by atoms with Gasteiger partial charge in [0.15, 0.2) is 5.75 Å². The number of carboxylic acid groups (broad SMARTS) is 1. The Morgan fingerprint density at radius 1 is 1.56 bits per heavy atom. The molecule has 0 saturated heterocycles. The highest BCUT2D eigenvalue weighted by Crippen LogP contribution is 2.31. The lowest BCUT2D eigenvalue weighted by molar-refractivity contribution is 0.192. The van der Waals surface area contributed by atoms with Gasteiger partial charge in [-0.05, 0) is 6.07 Å². The molecule has 18 heavy (non-hydrogen) atoms. The summed E-state index contributed by atoms with van der Waals surface area (Å²) in [6.45, 7) is 0. The van der Waals surface area contributed by atoms with Crippen molar-refractivity contribution in [3.8, 4) is 11.6 Å². The number of hydrogen-bond donors (Lipinski definition) is 2. The fourth-order valence-electron chi connectivity index (χ4n) is 1.20. The minimum Gasteiger partial charge on any atom is -0.463 e. The molecule has 1 aromatic carbocycles. The number of ether oxygens (including phenoxy) is 1. The Kier molecular flexibility index (Phi) is 3.07. The van der Waals surface area contributed by atoms with Gasteiger partial charge in [0.05, 0.1) is 10.7 Å². The van der Waals surface area contributed by atoms with Crippen LogP contribution < -0.4 is 10.5 Å². The molecule has 2 aromatic rings. The lowest BCUT2D eigenvalue weighted by atomic mass is 10.3. The van der Waals surface area contributed by atoms with Crippen LogP contribution in [0, 0.1) is 5.82 Å². The van der Waals surface area contributed by atoms with Crippen LogP contribution in [0.15, 0.2) is 24.4 Å². The van der Waals surface area contributed by atoms with E-state index in [0.717, 1.165) is 6.07 Å². The summed E-state index contributed by atoms with van der Waals surface area (Å²) < 4.78 is 19.0. The van der Waals surface area contributed by atoms with Crippen LogP contribution in [0.1, 0.15) is 0 Å². The van der Waals surface area contributed by atoms with Crippen molar-refractivity contribution in [3.05, 3.63) is 35.2 Å². The van der Waals surface area contributed by atoms with Gasteiger partial charge in [-0.15, -0.1) is 5.10 Å². The van der Waals surface area contributed by atoms with Crippen molar-refractivity contribution in [2.75, 3.05) is 5.73 Å². The number of hydrogen-bond acceptors (Lipinski definition) is 4. The number of anilines is 1. The van der Waals surface area contributed by atoms with Crippen LogP contribution in [-0.2, 0) is 0 Å². The third kappa shape index (κ3) is 2.35. The van der Waals surface area contributed by atoms with E-state index in [1.807, 2.05) is 0 Å². The van der Waals surface area contributed by atoms with Crippen LogP contribution in [0.4, 0.5) is 14.9 Å². The van der Waals surface area contributed by atoms with Gasteiger partial charge in [-0.3, -0.25) is 0 Å². The molecule has 0 aliphatic rings. The summed E-state index contributed by atoms with van der Waals surface area (Å²) in [6.07, 6.45) is -0.0846. The zero-order chi connectivity index (χ0) is 13.3. The molecular formula is C10H7ClFN3O3. The number of halogens is 2. The van der Waals surface area contributed by atoms with E-state index in [1.165, 1.54) is 18.3 Å². The molecule has 94 valence electrons. The topological polar surface area (TPSA) is 90.4 Å². The smallest absolute Gasteiger partial charge is 0.432 e. The highest BCUT2D eigenvalue weighted by atomic mass is 35.5. The van der Waals surface area contributed by atoms with Gasteiger partial charge in [0.1, 0.15) is 5.82 Å². The molecule has 1 heterocycles. The Morgan fingerprint density at radius 2 is 2.28 bits per heavy atom. The zero-order valence-corrected chi connectivity index (χ0v) is 9.56. The van der Waals surface area contributed by atoms with Crippen molar-refractivity contribution >= 4 is 23.4 Å². The Hall–Kier alpha value is -2.28. The number of aromatic nitrogens is 2. The van der Waals surface area contributed by atoms with Crippen molar-refractivity contribution in [1.29, 1.82) is 0 Å². The largest absolute Gasteiger partial charge is 0.463 e. The lowest BCUT2D eigenvalue weighted by Gasteiger charge is -2.06. The van der Waals surface area contributed by atoms with Crippen molar-refractivity contribution in [2.45, 2.75) is 0 Å². The SMILES string of the molecule is Nc1cc(Cl)c(Oc2ccn(C(=O)O)n2)cc1F. The molecule has 2 rings (SSSR count). The summed E-state index contributed by atoms with van der Waals surface area (Å²) in [5.74, 6) is -0.713. The Labute approximate surface area is 105 Å². The van der Waals surface area contributed by atoms with Crippen LogP contribution in [0.2, 0.25) is 5.02 Å². The van der Waals surface area contributed by atoms with Crippen LogP contribution in [0.25, 0.3) is 0 Å². The minimum absolute atomic E-state index is 0.000921. The van der Waals surface area contributed by atoms with Crippen LogP contribution >= 0.6 is 11.6 Å². The van der Waals surface area contributed by atoms with Crippen molar-refractivity contribution in [1.82, 2.24) is 9.78 Å². The van der Waals surface area contributed by atoms with E-state index in [1.54, 1.807) is 0 Å². The Bertz CT molecular complexity index is 614. The number of nitrogen functional groups attached to an aromatic ring is 1. The third-order valence-corrected chi connectivity index (χ3v) is 2.32. The highest BCUT2D eigenvalue weighted by molar-refractivity contribution is 6.32. The summed E-state index contributed by atoms with van der Waals surface area (Å²) in [7, 11) is 0.